The standard InChI is InChI=1S/C14H18O2/c15-14-9-5-4-8-13(14)11-16-10-12-6-2-1-3-7-12/h1-4,6-8,13-15H,5,9-11H2/t13-,14+/m1/s1. The molecule has 0 amide bonds. The van der Waals surface area contributed by atoms with Gasteiger partial charge in [0.2, 0.25) is 0 Å². The Morgan fingerprint density at radius 2 is 2.06 bits per heavy atom. The largest absolute Gasteiger partial charge is 0.392 e. The van der Waals surface area contributed by atoms with Gasteiger partial charge < -0.3 is 9.84 Å². The zero-order chi connectivity index (χ0) is 11.2. The molecule has 86 valence electrons. The van der Waals surface area contributed by atoms with E-state index in [1.807, 2.05) is 30.3 Å². The van der Waals surface area contributed by atoms with Crippen molar-refractivity contribution in [3.8, 4) is 0 Å². The number of benzene rings is 1. The molecule has 2 heteroatoms. The first-order valence-electron chi connectivity index (χ1n) is 5.82. The Balaban J connectivity index is 1.75. The van der Waals surface area contributed by atoms with Crippen LogP contribution in [0.15, 0.2) is 42.5 Å². The molecule has 0 saturated heterocycles. The van der Waals surface area contributed by atoms with Crippen molar-refractivity contribution in [3.05, 3.63) is 48.0 Å². The summed E-state index contributed by atoms with van der Waals surface area (Å²) in [6.45, 7) is 1.23. The van der Waals surface area contributed by atoms with Crippen molar-refractivity contribution in [2.75, 3.05) is 6.61 Å². The third kappa shape index (κ3) is 3.19. The van der Waals surface area contributed by atoms with Gasteiger partial charge >= 0.3 is 0 Å². The van der Waals surface area contributed by atoms with Crippen LogP contribution in [-0.4, -0.2) is 17.8 Å². The molecular weight excluding hydrogens is 200 g/mol. The number of aliphatic hydroxyl groups is 1. The molecule has 1 aliphatic carbocycles. The van der Waals surface area contributed by atoms with E-state index in [0.717, 1.165) is 12.8 Å². The van der Waals surface area contributed by atoms with Gasteiger partial charge in [0, 0.05) is 5.92 Å². The van der Waals surface area contributed by atoms with Crippen LogP contribution >= 0.6 is 0 Å². The van der Waals surface area contributed by atoms with Crippen molar-refractivity contribution in [3.63, 3.8) is 0 Å². The second-order valence-electron chi connectivity index (χ2n) is 4.24. The lowest BCUT2D eigenvalue weighted by Gasteiger charge is -2.22. The summed E-state index contributed by atoms with van der Waals surface area (Å²) in [6.07, 6.45) is 5.80. The molecule has 1 aromatic carbocycles. The van der Waals surface area contributed by atoms with Gasteiger partial charge in [0.05, 0.1) is 19.3 Å². The fraction of sp³-hybridized carbons (Fsp3) is 0.429. The highest BCUT2D eigenvalue weighted by atomic mass is 16.5. The van der Waals surface area contributed by atoms with E-state index in [9.17, 15) is 5.11 Å². The van der Waals surface area contributed by atoms with Gasteiger partial charge in [-0.2, -0.15) is 0 Å². The van der Waals surface area contributed by atoms with Crippen molar-refractivity contribution in [1.29, 1.82) is 0 Å². The van der Waals surface area contributed by atoms with Crippen molar-refractivity contribution in [2.45, 2.75) is 25.6 Å². The third-order valence-electron chi connectivity index (χ3n) is 2.93. The molecule has 0 fully saturated rings. The lowest BCUT2D eigenvalue weighted by Crippen LogP contribution is -2.25. The Bertz CT molecular complexity index is 332. The topological polar surface area (TPSA) is 29.5 Å². The Hall–Kier alpha value is -1.12. The molecule has 0 spiro atoms. The number of rotatable bonds is 4. The maximum Gasteiger partial charge on any atom is 0.0717 e. The van der Waals surface area contributed by atoms with Crippen molar-refractivity contribution in [2.24, 2.45) is 5.92 Å². The van der Waals surface area contributed by atoms with Gasteiger partial charge in [-0.3, -0.25) is 0 Å². The number of hydrogen-bond acceptors (Lipinski definition) is 2. The molecule has 1 N–H and O–H groups in total. The summed E-state index contributed by atoms with van der Waals surface area (Å²) in [5, 5.41) is 9.73. The van der Waals surface area contributed by atoms with E-state index in [-0.39, 0.29) is 12.0 Å². The molecule has 0 radical (unpaired) electrons. The molecule has 2 nitrogen and oxygen atoms in total. The highest BCUT2D eigenvalue weighted by Gasteiger charge is 2.18. The predicted molar refractivity (Wildman–Crippen MR) is 64.0 cm³/mol. The minimum absolute atomic E-state index is 0.164. The fourth-order valence-corrected chi connectivity index (χ4v) is 1.93. The minimum atomic E-state index is -0.235. The molecular formula is C14H18O2. The molecule has 0 saturated carbocycles. The maximum atomic E-state index is 9.73. The van der Waals surface area contributed by atoms with Crippen molar-refractivity contribution in [1.82, 2.24) is 0 Å². The molecule has 2 atom stereocenters. The Morgan fingerprint density at radius 3 is 2.81 bits per heavy atom. The van der Waals surface area contributed by atoms with Crippen LogP contribution in [0.1, 0.15) is 18.4 Å². The second-order valence-corrected chi connectivity index (χ2v) is 4.24. The molecule has 0 bridgehead atoms. The van der Waals surface area contributed by atoms with Gasteiger partial charge in [-0.05, 0) is 18.4 Å². The van der Waals surface area contributed by atoms with Crippen LogP contribution in [0.4, 0.5) is 0 Å². The number of ether oxygens (including phenoxy) is 1. The highest BCUT2D eigenvalue weighted by molar-refractivity contribution is 5.13. The van der Waals surface area contributed by atoms with E-state index in [1.165, 1.54) is 5.56 Å². The molecule has 0 aromatic heterocycles. The Labute approximate surface area is 96.6 Å². The van der Waals surface area contributed by atoms with Gasteiger partial charge in [0.1, 0.15) is 0 Å². The van der Waals surface area contributed by atoms with Gasteiger partial charge in [-0.25, -0.2) is 0 Å². The van der Waals surface area contributed by atoms with Crippen LogP contribution in [0.2, 0.25) is 0 Å². The van der Waals surface area contributed by atoms with Crippen LogP contribution < -0.4 is 0 Å². The van der Waals surface area contributed by atoms with Crippen molar-refractivity contribution >= 4 is 0 Å². The highest BCUT2D eigenvalue weighted by Crippen LogP contribution is 2.18. The number of hydrogen-bond donors (Lipinski definition) is 1. The first-order valence-corrected chi connectivity index (χ1v) is 5.82. The van der Waals surface area contributed by atoms with Crippen LogP contribution in [0.5, 0.6) is 0 Å². The average molecular weight is 218 g/mol. The SMILES string of the molecule is O[C@H]1CCC=C[C@@H]1COCc1ccccc1. The summed E-state index contributed by atoms with van der Waals surface area (Å²) in [6, 6.07) is 10.1. The lowest BCUT2D eigenvalue weighted by molar-refractivity contribution is 0.0340. The predicted octanol–water partition coefficient (Wildman–Crippen LogP) is 2.53. The van der Waals surface area contributed by atoms with E-state index < -0.39 is 0 Å². The maximum absolute atomic E-state index is 9.73. The van der Waals surface area contributed by atoms with Crippen LogP contribution in [0, 0.1) is 5.92 Å². The summed E-state index contributed by atoms with van der Waals surface area (Å²) >= 11 is 0. The van der Waals surface area contributed by atoms with E-state index in [4.69, 9.17) is 4.74 Å². The molecule has 1 aliphatic rings. The number of allylic oxidation sites excluding steroid dienone is 1. The summed E-state index contributed by atoms with van der Waals surface area (Å²) in [4.78, 5) is 0. The lowest BCUT2D eigenvalue weighted by atomic mass is 9.93. The van der Waals surface area contributed by atoms with E-state index in [0.29, 0.717) is 13.2 Å². The van der Waals surface area contributed by atoms with Crippen LogP contribution in [0.25, 0.3) is 0 Å². The van der Waals surface area contributed by atoms with E-state index >= 15 is 0 Å². The van der Waals surface area contributed by atoms with Crippen LogP contribution in [0.3, 0.4) is 0 Å². The molecule has 0 aliphatic heterocycles. The zero-order valence-corrected chi connectivity index (χ0v) is 9.38. The van der Waals surface area contributed by atoms with Gasteiger partial charge in [-0.15, -0.1) is 0 Å². The minimum Gasteiger partial charge on any atom is -0.392 e. The van der Waals surface area contributed by atoms with E-state index in [1.54, 1.807) is 0 Å². The Morgan fingerprint density at radius 1 is 1.25 bits per heavy atom. The first kappa shape index (κ1) is 11.4. The first-order chi connectivity index (χ1) is 7.86. The van der Waals surface area contributed by atoms with Gasteiger partial charge in [-0.1, -0.05) is 42.5 Å². The molecule has 2 rings (SSSR count). The van der Waals surface area contributed by atoms with Gasteiger partial charge in [0.15, 0.2) is 0 Å². The summed E-state index contributed by atoms with van der Waals surface area (Å²) < 4.78 is 5.62. The molecule has 0 heterocycles. The molecule has 1 aromatic rings. The summed E-state index contributed by atoms with van der Waals surface area (Å²) in [5.74, 6) is 0.164. The average Bonchev–Trinajstić information content (AvgIpc) is 2.33. The molecule has 16 heavy (non-hydrogen) atoms. The monoisotopic (exact) mass is 218 g/mol. The Kier molecular flexibility index (Phi) is 4.14. The van der Waals surface area contributed by atoms with Gasteiger partial charge in [0.25, 0.3) is 0 Å². The second kappa shape index (κ2) is 5.83. The summed E-state index contributed by atoms with van der Waals surface area (Å²) in [5.41, 5.74) is 1.18. The van der Waals surface area contributed by atoms with Crippen LogP contribution in [-0.2, 0) is 11.3 Å². The smallest absolute Gasteiger partial charge is 0.0717 e. The summed E-state index contributed by atoms with van der Waals surface area (Å²) in [7, 11) is 0. The molecule has 0 unspecified atom stereocenters. The zero-order valence-electron chi connectivity index (χ0n) is 9.38. The van der Waals surface area contributed by atoms with Crippen molar-refractivity contribution < 1.29 is 9.84 Å². The fourth-order valence-electron chi connectivity index (χ4n) is 1.93. The van der Waals surface area contributed by atoms with E-state index in [2.05, 4.69) is 12.2 Å². The number of aliphatic hydroxyl groups excluding tert-OH is 1. The normalized spacial score (nSPS) is 24.6. The third-order valence-corrected chi connectivity index (χ3v) is 2.93. The quantitative estimate of drug-likeness (QED) is 0.787.